The minimum atomic E-state index is -0.844. The molecule has 0 radical (unpaired) electrons. The Labute approximate surface area is 252 Å². The maximum Gasteiger partial charge on any atom is 0.172 e. The molecule has 0 aliphatic carbocycles. The van der Waals surface area contributed by atoms with Crippen molar-refractivity contribution in [3.8, 4) is 24.0 Å². The molecule has 0 amide bonds. The number of rotatable bonds is 10. The zero-order valence-corrected chi connectivity index (χ0v) is 25.0. The molecule has 0 saturated carbocycles. The summed E-state index contributed by atoms with van der Waals surface area (Å²) in [5, 5.41) is 28.3. The van der Waals surface area contributed by atoms with Gasteiger partial charge in [-0.25, -0.2) is 0 Å². The Morgan fingerprint density at radius 2 is 1.57 bits per heavy atom. The van der Waals surface area contributed by atoms with Crippen LogP contribution in [0.4, 0.5) is 5.69 Å². The predicted molar refractivity (Wildman–Crippen MR) is 169 cm³/mol. The van der Waals surface area contributed by atoms with Gasteiger partial charge in [0.05, 0.1) is 0 Å². The van der Waals surface area contributed by atoms with Gasteiger partial charge in [-0.05, 0) is 75.8 Å². The summed E-state index contributed by atoms with van der Waals surface area (Å²) in [5.41, 5.74) is 3.02. The Morgan fingerprint density at radius 1 is 0.905 bits per heavy atom. The Morgan fingerprint density at radius 3 is 2.19 bits per heavy atom. The summed E-state index contributed by atoms with van der Waals surface area (Å²) in [6.45, 7) is 10.2. The molecule has 0 unspecified atom stereocenters. The first-order valence-electron chi connectivity index (χ1n) is 13.7. The molecule has 0 spiro atoms. The third-order valence-corrected chi connectivity index (χ3v) is 7.93. The SMILES string of the molecule is CCN(CC)c1ccc(/C=C/c2ccc(/C=C/C3=C(C#N)C(=C(C#N)C#N)OC3(C)C)s2)c(OCc2ccccc2)c1. The van der Waals surface area contributed by atoms with Crippen LogP contribution in [-0.4, -0.2) is 18.7 Å². The number of anilines is 1. The molecular formula is C35H32N4O2S. The van der Waals surface area contributed by atoms with Crippen LogP contribution in [0.3, 0.4) is 0 Å². The van der Waals surface area contributed by atoms with Gasteiger partial charge in [-0.1, -0.05) is 36.4 Å². The van der Waals surface area contributed by atoms with Gasteiger partial charge in [0.25, 0.3) is 0 Å². The fraction of sp³-hybridized carbons (Fsp3) is 0.229. The van der Waals surface area contributed by atoms with Crippen LogP contribution in [0.2, 0.25) is 0 Å². The summed E-state index contributed by atoms with van der Waals surface area (Å²) in [7, 11) is 0. The van der Waals surface area contributed by atoms with Gasteiger partial charge in [-0.2, -0.15) is 15.8 Å². The highest BCUT2D eigenvalue weighted by atomic mass is 32.1. The first kappa shape index (κ1) is 29.9. The summed E-state index contributed by atoms with van der Waals surface area (Å²) < 4.78 is 12.2. The van der Waals surface area contributed by atoms with Crippen LogP contribution in [0.5, 0.6) is 5.75 Å². The number of allylic oxidation sites excluding steroid dienone is 2. The van der Waals surface area contributed by atoms with E-state index in [1.54, 1.807) is 11.3 Å². The Bertz CT molecular complexity index is 1670. The number of nitrogens with zero attached hydrogens (tertiary/aromatic N) is 4. The van der Waals surface area contributed by atoms with Gasteiger partial charge in [0.2, 0.25) is 0 Å². The zero-order chi connectivity index (χ0) is 30.1. The maximum absolute atomic E-state index is 9.77. The fourth-order valence-electron chi connectivity index (χ4n) is 4.67. The maximum atomic E-state index is 9.77. The molecular weight excluding hydrogens is 540 g/mol. The molecule has 1 aliphatic heterocycles. The van der Waals surface area contributed by atoms with Crippen molar-refractivity contribution >= 4 is 35.3 Å². The molecule has 4 rings (SSSR count). The molecule has 210 valence electrons. The van der Waals surface area contributed by atoms with Gasteiger partial charge in [0.15, 0.2) is 11.3 Å². The lowest BCUT2D eigenvalue weighted by Crippen LogP contribution is -2.21. The van der Waals surface area contributed by atoms with Crippen LogP contribution in [0.25, 0.3) is 18.2 Å². The third kappa shape index (κ3) is 6.81. The van der Waals surface area contributed by atoms with E-state index in [1.807, 2.05) is 68.5 Å². The fourth-order valence-corrected chi connectivity index (χ4v) is 5.49. The van der Waals surface area contributed by atoms with Crippen LogP contribution >= 0.6 is 11.3 Å². The monoisotopic (exact) mass is 572 g/mol. The van der Waals surface area contributed by atoms with Gasteiger partial charge in [0, 0.05) is 45.7 Å². The lowest BCUT2D eigenvalue weighted by Gasteiger charge is -2.22. The number of benzene rings is 2. The van der Waals surface area contributed by atoms with Crippen molar-refractivity contribution in [3.63, 3.8) is 0 Å². The molecule has 0 atom stereocenters. The summed E-state index contributed by atoms with van der Waals surface area (Å²) in [6, 6.07) is 26.3. The minimum absolute atomic E-state index is 0.0410. The van der Waals surface area contributed by atoms with E-state index < -0.39 is 5.60 Å². The van der Waals surface area contributed by atoms with Crippen LogP contribution in [0.1, 0.15) is 48.6 Å². The van der Waals surface area contributed by atoms with Crippen LogP contribution in [-0.2, 0) is 11.3 Å². The van der Waals surface area contributed by atoms with Gasteiger partial charge < -0.3 is 14.4 Å². The smallest absolute Gasteiger partial charge is 0.172 e. The van der Waals surface area contributed by atoms with Gasteiger partial charge in [0.1, 0.15) is 41.7 Å². The second-order valence-electron chi connectivity index (χ2n) is 10.0. The standard InChI is InChI=1S/C35H32N4O2S/c1-5-39(6-2)28-14-12-26(33(20-28)40-24-25-10-8-7-9-11-25)13-15-29-16-17-30(42-29)18-19-32-31(23-38)34(27(21-36)22-37)41-35(32,3)4/h7-20H,5-6,24H2,1-4H3/b15-13+,19-18+. The number of ether oxygens (including phenoxy) is 2. The van der Waals surface area contributed by atoms with E-state index in [-0.39, 0.29) is 16.9 Å². The molecule has 42 heavy (non-hydrogen) atoms. The summed E-state index contributed by atoms with van der Waals surface area (Å²) in [5.74, 6) is 0.868. The Kier molecular flexibility index (Phi) is 9.66. The first-order valence-corrected chi connectivity index (χ1v) is 14.6. The normalized spacial score (nSPS) is 14.0. The second kappa shape index (κ2) is 13.6. The molecule has 6 nitrogen and oxygen atoms in total. The average molecular weight is 573 g/mol. The number of nitriles is 3. The summed E-state index contributed by atoms with van der Waals surface area (Å²) in [6.07, 6.45) is 7.89. The highest BCUT2D eigenvalue weighted by Crippen LogP contribution is 2.40. The Balaban J connectivity index is 1.58. The molecule has 3 aromatic rings. The van der Waals surface area contributed by atoms with E-state index in [9.17, 15) is 15.8 Å². The van der Waals surface area contributed by atoms with E-state index in [0.29, 0.717) is 12.2 Å². The quantitative estimate of drug-likeness (QED) is 0.227. The molecule has 7 heteroatoms. The van der Waals surface area contributed by atoms with Crippen LogP contribution in [0, 0.1) is 34.0 Å². The van der Waals surface area contributed by atoms with Gasteiger partial charge in [-0.3, -0.25) is 0 Å². The summed E-state index contributed by atoms with van der Waals surface area (Å²) in [4.78, 5) is 4.35. The molecule has 0 bridgehead atoms. The number of hydrogen-bond donors (Lipinski definition) is 0. The van der Waals surface area contributed by atoms with Gasteiger partial charge in [-0.15, -0.1) is 11.3 Å². The van der Waals surface area contributed by atoms with E-state index in [1.165, 1.54) is 0 Å². The van der Waals surface area contributed by atoms with Crippen molar-refractivity contribution in [3.05, 3.63) is 110 Å². The molecule has 2 aromatic carbocycles. The van der Waals surface area contributed by atoms with Crippen molar-refractivity contribution < 1.29 is 9.47 Å². The lowest BCUT2D eigenvalue weighted by atomic mass is 9.94. The van der Waals surface area contributed by atoms with Crippen molar-refractivity contribution in [1.82, 2.24) is 0 Å². The molecule has 2 heterocycles. The highest BCUT2D eigenvalue weighted by molar-refractivity contribution is 7.13. The van der Waals surface area contributed by atoms with E-state index in [0.717, 1.165) is 45.4 Å². The number of thiophene rings is 1. The third-order valence-electron chi connectivity index (χ3n) is 6.92. The molecule has 1 aromatic heterocycles. The molecule has 0 saturated heterocycles. The molecule has 0 N–H and O–H groups in total. The minimum Gasteiger partial charge on any atom is -0.488 e. The van der Waals surface area contributed by atoms with Crippen molar-refractivity contribution in [1.29, 1.82) is 15.8 Å². The predicted octanol–water partition coefficient (Wildman–Crippen LogP) is 8.29. The number of hydrogen-bond acceptors (Lipinski definition) is 7. The van der Waals surface area contributed by atoms with E-state index in [2.05, 4.69) is 67.3 Å². The van der Waals surface area contributed by atoms with Crippen molar-refractivity contribution in [2.75, 3.05) is 18.0 Å². The molecule has 0 fully saturated rings. The van der Waals surface area contributed by atoms with Crippen molar-refractivity contribution in [2.45, 2.75) is 39.9 Å². The van der Waals surface area contributed by atoms with E-state index in [4.69, 9.17) is 9.47 Å². The Hall–Kier alpha value is -5.03. The largest absolute Gasteiger partial charge is 0.488 e. The lowest BCUT2D eigenvalue weighted by molar-refractivity contribution is 0.0954. The summed E-state index contributed by atoms with van der Waals surface area (Å²) >= 11 is 1.61. The molecule has 1 aliphatic rings. The van der Waals surface area contributed by atoms with Crippen molar-refractivity contribution in [2.24, 2.45) is 0 Å². The van der Waals surface area contributed by atoms with Gasteiger partial charge >= 0.3 is 0 Å². The second-order valence-corrected chi connectivity index (χ2v) is 11.2. The zero-order valence-electron chi connectivity index (χ0n) is 24.2. The average Bonchev–Trinajstić information content (AvgIpc) is 3.56. The first-order chi connectivity index (χ1) is 20.3. The van der Waals surface area contributed by atoms with Crippen LogP contribution in [0.15, 0.2) is 89.2 Å². The van der Waals surface area contributed by atoms with E-state index >= 15 is 0 Å². The topological polar surface area (TPSA) is 93.1 Å². The van der Waals surface area contributed by atoms with Crippen LogP contribution < -0.4 is 9.64 Å². The highest BCUT2D eigenvalue weighted by Gasteiger charge is 2.38.